The van der Waals surface area contributed by atoms with Crippen molar-refractivity contribution in [1.29, 1.82) is 5.26 Å². The van der Waals surface area contributed by atoms with Crippen molar-refractivity contribution in [2.24, 2.45) is 0 Å². The van der Waals surface area contributed by atoms with Gasteiger partial charge in [0.15, 0.2) is 6.29 Å². The molecule has 234 valence electrons. The predicted molar refractivity (Wildman–Crippen MR) is 157 cm³/mol. The number of halogens is 6. The monoisotopic (exact) mass is 617 g/mol. The van der Waals surface area contributed by atoms with Crippen LogP contribution in [-0.4, -0.2) is 22.6 Å². The average molecular weight is 618 g/mol. The lowest BCUT2D eigenvalue weighted by Gasteiger charge is -2.36. The van der Waals surface area contributed by atoms with E-state index in [1.165, 1.54) is 24.3 Å². The molecule has 0 spiro atoms. The van der Waals surface area contributed by atoms with Crippen molar-refractivity contribution >= 4 is 11.6 Å². The maximum Gasteiger partial charge on any atom is 0.416 e. The Kier molecular flexibility index (Phi) is 10.1. The molecule has 1 N–H and O–H groups in total. The lowest BCUT2D eigenvalue weighted by molar-refractivity contribution is -0.167. The highest BCUT2D eigenvalue weighted by Gasteiger charge is 2.37. The molecule has 3 aromatic carbocycles. The van der Waals surface area contributed by atoms with Gasteiger partial charge in [-0.15, -0.1) is 0 Å². The summed E-state index contributed by atoms with van der Waals surface area (Å²) in [4.78, 5) is 0. The van der Waals surface area contributed by atoms with Crippen LogP contribution in [0.4, 0.5) is 26.3 Å². The second-order valence-corrected chi connectivity index (χ2v) is 11.7. The molecule has 0 heterocycles. The molecule has 0 aliphatic rings. The molecule has 0 aromatic heterocycles. The molecule has 0 amide bonds. The fraction of sp³-hybridized carbons (Fsp3) is 0.324. The van der Waals surface area contributed by atoms with Crippen LogP contribution in [-0.2, 0) is 17.1 Å². The van der Waals surface area contributed by atoms with Gasteiger partial charge in [0.1, 0.15) is 11.4 Å². The van der Waals surface area contributed by atoms with E-state index < -0.39 is 41.0 Å². The van der Waals surface area contributed by atoms with Crippen LogP contribution in [0.25, 0.3) is 22.8 Å². The second kappa shape index (κ2) is 12.9. The molecule has 0 aliphatic heterocycles. The van der Waals surface area contributed by atoms with Gasteiger partial charge in [0.05, 0.1) is 28.4 Å². The summed E-state index contributed by atoms with van der Waals surface area (Å²) in [6, 6.07) is 16.1. The van der Waals surface area contributed by atoms with E-state index in [-0.39, 0.29) is 22.8 Å². The van der Waals surface area contributed by atoms with Crippen molar-refractivity contribution in [2.45, 2.75) is 70.9 Å². The fourth-order valence-electron chi connectivity index (χ4n) is 4.77. The number of nitriles is 1. The highest BCUT2D eigenvalue weighted by atomic mass is 19.4. The number of hydrogen-bond donors (Lipinski definition) is 1. The van der Waals surface area contributed by atoms with E-state index in [4.69, 9.17) is 9.47 Å². The summed E-state index contributed by atoms with van der Waals surface area (Å²) >= 11 is 0. The Bertz CT molecular complexity index is 1510. The number of nitrogens with zero attached hydrogens (tertiary/aromatic N) is 1. The Balaban J connectivity index is 1.79. The number of aliphatic hydroxyl groups excluding tert-OH is 1. The van der Waals surface area contributed by atoms with E-state index in [9.17, 15) is 36.7 Å². The molecule has 0 saturated heterocycles. The van der Waals surface area contributed by atoms with Crippen molar-refractivity contribution in [1.82, 2.24) is 0 Å². The molecule has 44 heavy (non-hydrogen) atoms. The average Bonchev–Trinajstić information content (AvgIpc) is 2.90. The Morgan fingerprint density at radius 1 is 0.841 bits per heavy atom. The second-order valence-electron chi connectivity index (χ2n) is 11.7. The third-order valence-electron chi connectivity index (χ3n) is 6.53. The first-order valence-electron chi connectivity index (χ1n) is 13.5. The molecule has 0 fully saturated rings. The van der Waals surface area contributed by atoms with Gasteiger partial charge in [-0.05, 0) is 98.9 Å². The molecule has 3 rings (SSSR count). The van der Waals surface area contributed by atoms with Crippen molar-refractivity contribution in [3.05, 3.63) is 101 Å². The normalized spacial score (nSPS) is 13.8. The molecule has 1 atom stereocenters. The van der Waals surface area contributed by atoms with Crippen molar-refractivity contribution < 1.29 is 40.9 Å². The van der Waals surface area contributed by atoms with Crippen LogP contribution >= 0.6 is 0 Å². The van der Waals surface area contributed by atoms with Crippen LogP contribution in [0.3, 0.4) is 0 Å². The Labute approximate surface area is 252 Å². The van der Waals surface area contributed by atoms with E-state index in [1.54, 1.807) is 37.3 Å². The summed E-state index contributed by atoms with van der Waals surface area (Å²) in [5.41, 5.74) is -2.49. The van der Waals surface area contributed by atoms with Crippen molar-refractivity contribution in [2.75, 3.05) is 0 Å². The van der Waals surface area contributed by atoms with Gasteiger partial charge in [-0.3, -0.25) is 0 Å². The largest absolute Gasteiger partial charge is 0.488 e. The first kappa shape index (κ1) is 34.4. The third kappa shape index (κ3) is 9.46. The van der Waals surface area contributed by atoms with Gasteiger partial charge < -0.3 is 14.6 Å². The molecule has 4 nitrogen and oxygen atoms in total. The van der Waals surface area contributed by atoms with Crippen LogP contribution < -0.4 is 4.74 Å². The van der Waals surface area contributed by atoms with Crippen LogP contribution in [0.15, 0.2) is 78.9 Å². The number of rotatable bonds is 10. The van der Waals surface area contributed by atoms with Crippen LogP contribution in [0.1, 0.15) is 63.3 Å². The minimum atomic E-state index is -4.96. The summed E-state index contributed by atoms with van der Waals surface area (Å²) < 4.78 is 91.5. The van der Waals surface area contributed by atoms with Gasteiger partial charge in [-0.1, -0.05) is 43.0 Å². The lowest BCUT2D eigenvalue weighted by Crippen LogP contribution is -2.41. The summed E-state index contributed by atoms with van der Waals surface area (Å²) in [5, 5.41) is 19.8. The molecular weight excluding hydrogens is 584 g/mol. The molecule has 10 heteroatoms. The minimum absolute atomic E-state index is 0.0807. The highest BCUT2D eigenvalue weighted by molar-refractivity contribution is 5.90. The summed E-state index contributed by atoms with van der Waals surface area (Å²) in [6.07, 6.45) is -8.96. The molecule has 0 saturated carbocycles. The molecule has 0 bridgehead atoms. The van der Waals surface area contributed by atoms with Gasteiger partial charge in [-0.2, -0.15) is 31.6 Å². The van der Waals surface area contributed by atoms with Crippen LogP contribution in [0.5, 0.6) is 5.75 Å². The van der Waals surface area contributed by atoms with E-state index >= 15 is 0 Å². The maximum absolute atomic E-state index is 13.3. The zero-order chi connectivity index (χ0) is 33.1. The Morgan fingerprint density at radius 2 is 1.36 bits per heavy atom. The molecule has 1 unspecified atom stereocenters. The number of aliphatic hydroxyl groups is 1. The van der Waals surface area contributed by atoms with E-state index in [0.717, 1.165) is 0 Å². The quantitative estimate of drug-likeness (QED) is 0.0809. The number of benzene rings is 3. The summed E-state index contributed by atoms with van der Waals surface area (Å²) in [7, 11) is 0. The van der Waals surface area contributed by atoms with Crippen molar-refractivity contribution in [3.8, 4) is 22.9 Å². The highest BCUT2D eigenvalue weighted by Crippen LogP contribution is 2.39. The Hall–Kier alpha value is -4.07. The van der Waals surface area contributed by atoms with Crippen LogP contribution in [0, 0.1) is 11.3 Å². The number of allylic oxidation sites excluding steroid dienone is 1. The van der Waals surface area contributed by atoms with E-state index in [2.05, 4.69) is 12.6 Å². The fourth-order valence-corrected chi connectivity index (χ4v) is 4.77. The zero-order valence-corrected chi connectivity index (χ0v) is 24.9. The van der Waals surface area contributed by atoms with Gasteiger partial charge in [0.25, 0.3) is 0 Å². The van der Waals surface area contributed by atoms with Gasteiger partial charge in [0, 0.05) is 6.42 Å². The molecular formula is C34H33F6NO3. The third-order valence-corrected chi connectivity index (χ3v) is 6.53. The first-order chi connectivity index (χ1) is 20.2. The predicted octanol–water partition coefficient (Wildman–Crippen LogP) is 9.69. The maximum atomic E-state index is 13.3. The van der Waals surface area contributed by atoms with Gasteiger partial charge in [-0.25, -0.2) is 0 Å². The van der Waals surface area contributed by atoms with E-state index in [1.807, 2.05) is 27.7 Å². The number of alkyl halides is 6. The SMILES string of the molecule is C=C(C)C(O)OC(C)(C)CC(C)(C)Oc1ccc(/C=C(\C#N)c2ccc(-c3cc(C(F)(F)F)cc(C(F)(F)F)c3)cc2)cc1. The standard InChI is InChI=1S/C34H33F6NO3/c1-21(2)30(42)44-32(5,6)20-31(3,4)43-29-13-7-22(8-14-29)15-26(19-41)24-11-9-23(10-12-24)25-16-27(33(35,36)37)18-28(17-25)34(38,39)40/h7-18,30,42H,1,20H2,2-6H3/b26-15+. The van der Waals surface area contributed by atoms with Crippen LogP contribution in [0.2, 0.25) is 0 Å². The van der Waals surface area contributed by atoms with E-state index in [0.29, 0.717) is 41.0 Å². The molecule has 0 radical (unpaired) electrons. The minimum Gasteiger partial charge on any atom is -0.488 e. The summed E-state index contributed by atoms with van der Waals surface area (Å²) in [5.74, 6) is 0.561. The topological polar surface area (TPSA) is 62.5 Å². The smallest absolute Gasteiger partial charge is 0.416 e. The van der Waals surface area contributed by atoms with Crippen molar-refractivity contribution in [3.63, 3.8) is 0 Å². The lowest BCUT2D eigenvalue weighted by atomic mass is 9.92. The molecule has 3 aromatic rings. The van der Waals surface area contributed by atoms with Gasteiger partial charge >= 0.3 is 12.4 Å². The number of ether oxygens (including phenoxy) is 2. The first-order valence-corrected chi connectivity index (χ1v) is 13.5. The Morgan fingerprint density at radius 3 is 1.82 bits per heavy atom. The van der Waals surface area contributed by atoms with Gasteiger partial charge in [0.2, 0.25) is 0 Å². The summed E-state index contributed by atoms with van der Waals surface area (Å²) in [6.45, 7) is 12.8. The molecule has 0 aliphatic carbocycles. The number of hydrogen-bond acceptors (Lipinski definition) is 4. The zero-order valence-electron chi connectivity index (χ0n) is 24.9.